The van der Waals surface area contributed by atoms with Gasteiger partial charge in [-0.2, -0.15) is 5.01 Å². The van der Waals surface area contributed by atoms with Crippen LogP contribution in [0.3, 0.4) is 0 Å². The van der Waals surface area contributed by atoms with Crippen LogP contribution in [0.1, 0.15) is 25.8 Å². The van der Waals surface area contributed by atoms with E-state index in [0.717, 1.165) is 33.6 Å². The molecule has 1 fully saturated rings. The van der Waals surface area contributed by atoms with E-state index in [-0.39, 0.29) is 5.75 Å². The van der Waals surface area contributed by atoms with Crippen molar-refractivity contribution >= 4 is 29.6 Å². The summed E-state index contributed by atoms with van der Waals surface area (Å²) in [5.74, 6) is 0.0958. The Kier molecular flexibility index (Phi) is 6.79. The smallest absolute Gasteiger partial charge is 0.344 e. The van der Waals surface area contributed by atoms with Gasteiger partial charge in [0.25, 0.3) is 5.91 Å². The fraction of sp³-hybridized carbons (Fsp3) is 0.292. The van der Waals surface area contributed by atoms with E-state index in [0.29, 0.717) is 23.2 Å². The van der Waals surface area contributed by atoms with E-state index in [1.165, 1.54) is 0 Å². The lowest BCUT2D eigenvalue weighted by Gasteiger charge is -2.19. The maximum Gasteiger partial charge on any atom is 0.344 e. The molecule has 10 nitrogen and oxygen atoms in total. The van der Waals surface area contributed by atoms with Crippen molar-refractivity contribution in [1.29, 1.82) is 0 Å². The number of carbonyl (C=O) groups is 3. The van der Waals surface area contributed by atoms with E-state index in [4.69, 9.17) is 4.74 Å². The fourth-order valence-electron chi connectivity index (χ4n) is 3.61. The Bertz CT molecular complexity index is 1280. The molecule has 1 saturated heterocycles. The summed E-state index contributed by atoms with van der Waals surface area (Å²) in [4.78, 5) is 37.4. The average molecular weight is 495 g/mol. The summed E-state index contributed by atoms with van der Waals surface area (Å²) < 4.78 is 7.35. The predicted octanol–water partition coefficient (Wildman–Crippen LogP) is 3.10. The normalized spacial score (nSPS) is 17.4. The third-order valence-corrected chi connectivity index (χ3v) is 6.74. The second-order valence-electron chi connectivity index (χ2n) is 8.26. The topological polar surface area (TPSA) is 118 Å². The number of para-hydroxylation sites is 1. The minimum atomic E-state index is -1.03. The molecule has 0 saturated carbocycles. The largest absolute Gasteiger partial charge is 0.496 e. The van der Waals surface area contributed by atoms with Crippen LogP contribution >= 0.6 is 11.8 Å². The van der Waals surface area contributed by atoms with Gasteiger partial charge in [0.15, 0.2) is 11.0 Å². The molecule has 1 unspecified atom stereocenters. The van der Waals surface area contributed by atoms with Gasteiger partial charge in [0.05, 0.1) is 18.4 Å². The highest BCUT2D eigenvalue weighted by molar-refractivity contribution is 7.99. The summed E-state index contributed by atoms with van der Waals surface area (Å²) in [6.45, 7) is 5.41. The molecule has 11 heteroatoms. The monoisotopic (exact) mass is 494 g/mol. The zero-order valence-corrected chi connectivity index (χ0v) is 20.7. The number of nitrogens with one attached hydrogen (secondary N) is 2. The number of nitrogens with zero attached hydrogens (tertiary/aromatic N) is 4. The fourth-order valence-corrected chi connectivity index (χ4v) is 4.35. The Labute approximate surface area is 207 Å². The second kappa shape index (κ2) is 9.79. The third-order valence-electron chi connectivity index (χ3n) is 5.81. The number of rotatable bonds is 8. The highest BCUT2D eigenvalue weighted by Gasteiger charge is 2.47. The van der Waals surface area contributed by atoms with Crippen molar-refractivity contribution in [2.45, 2.75) is 37.9 Å². The molecule has 2 heterocycles. The minimum absolute atomic E-state index is 0.0875. The number of methoxy groups -OCH3 is 1. The Morgan fingerprint density at radius 3 is 2.51 bits per heavy atom. The first-order chi connectivity index (χ1) is 16.8. The number of aromatic nitrogens is 3. The number of imide groups is 1. The van der Waals surface area contributed by atoms with Crippen LogP contribution in [-0.4, -0.2) is 56.0 Å². The number of aryl methyl sites for hydroxylation is 1. The van der Waals surface area contributed by atoms with E-state index < -0.39 is 23.4 Å². The summed E-state index contributed by atoms with van der Waals surface area (Å²) in [6.07, 6.45) is 0.407. The van der Waals surface area contributed by atoms with Crippen molar-refractivity contribution in [1.82, 2.24) is 30.5 Å². The average Bonchev–Trinajstić information content (AvgIpc) is 3.37. The summed E-state index contributed by atoms with van der Waals surface area (Å²) in [5.41, 5.74) is 4.02. The lowest BCUT2D eigenvalue weighted by atomic mass is 10.00. The Hall–Kier alpha value is -3.86. The first-order valence-electron chi connectivity index (χ1n) is 11.0. The van der Waals surface area contributed by atoms with Gasteiger partial charge in [-0.25, -0.2) is 4.79 Å². The van der Waals surface area contributed by atoms with Crippen molar-refractivity contribution in [2.24, 2.45) is 0 Å². The predicted molar refractivity (Wildman–Crippen MR) is 131 cm³/mol. The molecule has 1 aliphatic heterocycles. The van der Waals surface area contributed by atoms with Crippen LogP contribution in [0.4, 0.5) is 4.79 Å². The molecule has 3 aromatic rings. The molecule has 0 spiro atoms. The van der Waals surface area contributed by atoms with Gasteiger partial charge in [-0.1, -0.05) is 48.5 Å². The molecule has 35 heavy (non-hydrogen) atoms. The van der Waals surface area contributed by atoms with Crippen molar-refractivity contribution in [2.75, 3.05) is 12.9 Å². The Morgan fingerprint density at radius 1 is 1.14 bits per heavy atom. The highest BCUT2D eigenvalue weighted by atomic mass is 32.2. The summed E-state index contributed by atoms with van der Waals surface area (Å²) in [6, 6.07) is 14.7. The molecule has 2 N–H and O–H groups in total. The van der Waals surface area contributed by atoms with Crippen LogP contribution < -0.4 is 15.5 Å². The molecule has 182 valence electrons. The van der Waals surface area contributed by atoms with E-state index in [1.807, 2.05) is 60.0 Å². The van der Waals surface area contributed by atoms with Crippen LogP contribution in [0.15, 0.2) is 53.7 Å². The molecule has 2 aromatic carbocycles. The van der Waals surface area contributed by atoms with E-state index >= 15 is 0 Å². The summed E-state index contributed by atoms with van der Waals surface area (Å²) in [5, 5.41) is 12.5. The van der Waals surface area contributed by atoms with E-state index in [2.05, 4.69) is 20.9 Å². The van der Waals surface area contributed by atoms with Gasteiger partial charge in [0.1, 0.15) is 11.3 Å². The minimum Gasteiger partial charge on any atom is -0.496 e. The summed E-state index contributed by atoms with van der Waals surface area (Å²) >= 11 is 1.14. The van der Waals surface area contributed by atoms with Crippen LogP contribution in [0.2, 0.25) is 0 Å². The molecule has 1 atom stereocenters. The zero-order valence-electron chi connectivity index (χ0n) is 19.9. The number of amides is 4. The van der Waals surface area contributed by atoms with Crippen molar-refractivity contribution < 1.29 is 19.1 Å². The maximum atomic E-state index is 12.6. The molecular weight excluding hydrogens is 468 g/mol. The zero-order chi connectivity index (χ0) is 25.2. The van der Waals surface area contributed by atoms with E-state index in [9.17, 15) is 14.4 Å². The van der Waals surface area contributed by atoms with Gasteiger partial charge in [0, 0.05) is 5.69 Å². The van der Waals surface area contributed by atoms with E-state index in [1.54, 1.807) is 21.0 Å². The Morgan fingerprint density at radius 2 is 1.86 bits per heavy atom. The van der Waals surface area contributed by atoms with Gasteiger partial charge in [-0.05, 0) is 44.5 Å². The molecule has 0 bridgehead atoms. The molecular formula is C24H26N6O4S. The van der Waals surface area contributed by atoms with Crippen molar-refractivity contribution in [3.8, 4) is 22.8 Å². The van der Waals surface area contributed by atoms with Gasteiger partial charge in [0.2, 0.25) is 5.91 Å². The standard InChI is InChI=1S/C24H26N6O4S/c1-5-24(3)21(32)30(22(33)25-24)28-19(31)14-35-23-27-26-20(17-8-6-7-9-18(17)34-4)29(23)16-12-10-15(2)11-13-16/h6-13H,5,14H2,1-4H3,(H,25,33)(H,28,31). The lowest BCUT2D eigenvalue weighted by molar-refractivity contribution is -0.137. The van der Waals surface area contributed by atoms with Gasteiger partial charge in [-0.3, -0.25) is 19.6 Å². The first kappa shape index (κ1) is 24.3. The van der Waals surface area contributed by atoms with Crippen LogP contribution in [0.25, 0.3) is 17.1 Å². The molecule has 1 aliphatic rings. The van der Waals surface area contributed by atoms with Crippen molar-refractivity contribution in [3.05, 3.63) is 54.1 Å². The number of thioether (sulfide) groups is 1. The first-order valence-corrected chi connectivity index (χ1v) is 12.0. The quantitative estimate of drug-likeness (QED) is 0.365. The van der Waals surface area contributed by atoms with Gasteiger partial charge in [-0.15, -0.1) is 10.2 Å². The van der Waals surface area contributed by atoms with Crippen LogP contribution in [0, 0.1) is 6.92 Å². The Balaban J connectivity index is 1.59. The van der Waals surface area contributed by atoms with Crippen molar-refractivity contribution in [3.63, 3.8) is 0 Å². The number of hydrogen-bond acceptors (Lipinski definition) is 7. The molecule has 0 radical (unpaired) electrons. The van der Waals surface area contributed by atoms with Crippen LogP contribution in [-0.2, 0) is 9.59 Å². The molecule has 4 amide bonds. The lowest BCUT2D eigenvalue weighted by Crippen LogP contribution is -2.49. The number of urea groups is 1. The molecule has 0 aliphatic carbocycles. The highest BCUT2D eigenvalue weighted by Crippen LogP contribution is 2.33. The number of benzene rings is 2. The maximum absolute atomic E-state index is 12.6. The number of ether oxygens (including phenoxy) is 1. The number of hydrogen-bond donors (Lipinski definition) is 2. The SMILES string of the molecule is CCC1(C)NC(=O)N(NC(=O)CSc2nnc(-c3ccccc3OC)n2-c2ccc(C)cc2)C1=O. The number of carbonyl (C=O) groups excluding carboxylic acids is 3. The second-order valence-corrected chi connectivity index (χ2v) is 9.20. The molecule has 4 rings (SSSR count). The number of hydrazine groups is 1. The third kappa shape index (κ3) is 4.72. The van der Waals surface area contributed by atoms with Gasteiger partial charge < -0.3 is 10.1 Å². The van der Waals surface area contributed by atoms with Gasteiger partial charge >= 0.3 is 6.03 Å². The van der Waals surface area contributed by atoms with Crippen LogP contribution in [0.5, 0.6) is 5.75 Å². The molecule has 1 aromatic heterocycles. The summed E-state index contributed by atoms with van der Waals surface area (Å²) in [7, 11) is 1.59.